The molecule has 0 rings (SSSR count). The van der Waals surface area contributed by atoms with Crippen LogP contribution in [0.3, 0.4) is 0 Å². The molecule has 0 bridgehead atoms. The second kappa shape index (κ2) is 8.54. The van der Waals surface area contributed by atoms with E-state index in [0.717, 1.165) is 0 Å². The van der Waals surface area contributed by atoms with Crippen LogP contribution >= 0.6 is 0 Å². The van der Waals surface area contributed by atoms with Gasteiger partial charge in [0.05, 0.1) is 0 Å². The normalized spacial score (nSPS) is 11.8. The second-order valence-electron chi connectivity index (χ2n) is 3.06. The Morgan fingerprint density at radius 1 is 0.588 bits per heavy atom. The summed E-state index contributed by atoms with van der Waals surface area (Å²) < 4.78 is 0. The van der Waals surface area contributed by atoms with Crippen LogP contribution in [0.2, 0.25) is 0 Å². The van der Waals surface area contributed by atoms with Crippen LogP contribution in [-0.2, 0) is 0 Å². The lowest BCUT2D eigenvalue weighted by Crippen LogP contribution is -2.34. The molecule has 0 unspecified atom stereocenters. The Morgan fingerprint density at radius 3 is 1.00 bits per heavy atom. The molecule has 0 N–H and O–H groups in total. The number of azide groups is 4. The molecule has 0 atom stereocenters. The molecule has 0 saturated heterocycles. The third-order valence-electron chi connectivity index (χ3n) is 1.88. The van der Waals surface area contributed by atoms with Crippen LogP contribution in [-0.4, -0.2) is 26.2 Å². The van der Waals surface area contributed by atoms with E-state index in [2.05, 4.69) is 40.1 Å². The fourth-order valence-electron chi connectivity index (χ4n) is 1.03. The molecular weight excluding hydrogens is 228 g/mol. The maximum Gasteiger partial charge on any atom is 0.0318 e. The highest BCUT2D eigenvalue weighted by molar-refractivity contribution is 4.89. The number of nitrogens with zero attached hydrogens (tertiary/aromatic N) is 12. The summed E-state index contributed by atoms with van der Waals surface area (Å²) >= 11 is 0. The van der Waals surface area contributed by atoms with Gasteiger partial charge in [-0.25, -0.2) is 0 Å². The van der Waals surface area contributed by atoms with Crippen molar-refractivity contribution < 1.29 is 0 Å². The van der Waals surface area contributed by atoms with Gasteiger partial charge in [-0.1, -0.05) is 20.5 Å². The third kappa shape index (κ3) is 5.63. The first-order chi connectivity index (χ1) is 8.24. The molecule has 0 aliphatic rings. The van der Waals surface area contributed by atoms with Gasteiger partial charge in [0, 0.05) is 45.8 Å². The first-order valence-corrected chi connectivity index (χ1v) is 4.28. The summed E-state index contributed by atoms with van der Waals surface area (Å²) in [6.07, 6.45) is 0. The van der Waals surface area contributed by atoms with Gasteiger partial charge in [-0.15, -0.1) is 0 Å². The molecule has 88 valence electrons. The topological polar surface area (TPSA) is 195 Å². The maximum atomic E-state index is 8.25. The summed E-state index contributed by atoms with van der Waals surface area (Å²) in [7, 11) is 0. The summed E-state index contributed by atoms with van der Waals surface area (Å²) in [6, 6.07) is 0. The zero-order chi connectivity index (χ0) is 13.0. The minimum atomic E-state index is -0.975. The smallest absolute Gasteiger partial charge is 0.0318 e. The average molecular weight is 236 g/mol. The Labute approximate surface area is 94.7 Å². The Kier molecular flexibility index (Phi) is 7.15. The number of hydrogen-bond donors (Lipinski definition) is 0. The van der Waals surface area contributed by atoms with Gasteiger partial charge in [-0.2, -0.15) is 0 Å². The van der Waals surface area contributed by atoms with Gasteiger partial charge < -0.3 is 0 Å². The lowest BCUT2D eigenvalue weighted by atomic mass is 9.88. The number of hydrogen-bond acceptors (Lipinski definition) is 4. The van der Waals surface area contributed by atoms with Gasteiger partial charge in [0.1, 0.15) is 0 Å². The molecule has 0 aliphatic heterocycles. The van der Waals surface area contributed by atoms with Gasteiger partial charge >= 0.3 is 0 Å². The first kappa shape index (κ1) is 14.2. The lowest BCUT2D eigenvalue weighted by molar-refractivity contribution is 0.332. The van der Waals surface area contributed by atoms with Crippen molar-refractivity contribution in [3.8, 4) is 0 Å². The van der Waals surface area contributed by atoms with Gasteiger partial charge in [-0.05, 0) is 27.5 Å². The standard InChI is InChI=1S/C5H8N12/c6-14-10-1-5(2-11-15-7,3-12-16-8)4-13-17-9/h1-4H2. The van der Waals surface area contributed by atoms with Crippen molar-refractivity contribution in [2.75, 3.05) is 26.2 Å². The van der Waals surface area contributed by atoms with Crippen molar-refractivity contribution in [2.24, 2.45) is 25.9 Å². The minimum Gasteiger partial charge on any atom is -0.0934 e. The van der Waals surface area contributed by atoms with Gasteiger partial charge in [0.25, 0.3) is 0 Å². The molecule has 0 aromatic carbocycles. The quantitative estimate of drug-likeness (QED) is 0.339. The van der Waals surface area contributed by atoms with Crippen molar-refractivity contribution in [1.82, 2.24) is 0 Å². The molecule has 0 aromatic heterocycles. The predicted octanol–water partition coefficient (Wildman–Crippen LogP) is 3.21. The predicted molar refractivity (Wildman–Crippen MR) is 58.5 cm³/mol. The molecule has 0 aromatic rings. The molecular formula is C5H8N12. The molecule has 0 amide bonds. The highest BCUT2D eigenvalue weighted by Gasteiger charge is 2.27. The van der Waals surface area contributed by atoms with Gasteiger partial charge in [0.2, 0.25) is 0 Å². The Balaban J connectivity index is 5.12. The molecule has 0 heterocycles. The average Bonchev–Trinajstić information content (AvgIpc) is 2.37. The van der Waals surface area contributed by atoms with E-state index in [1.807, 2.05) is 0 Å². The molecule has 0 aliphatic carbocycles. The fraction of sp³-hybridized carbons (Fsp3) is 1.00. The zero-order valence-corrected chi connectivity index (χ0v) is 8.69. The third-order valence-corrected chi connectivity index (χ3v) is 1.88. The first-order valence-electron chi connectivity index (χ1n) is 4.28. The summed E-state index contributed by atoms with van der Waals surface area (Å²) in [5, 5.41) is 13.3. The van der Waals surface area contributed by atoms with E-state index in [1.54, 1.807) is 0 Å². The summed E-state index contributed by atoms with van der Waals surface area (Å²) in [5.41, 5.74) is 32.0. The van der Waals surface area contributed by atoms with Crippen LogP contribution in [0.25, 0.3) is 41.8 Å². The van der Waals surface area contributed by atoms with E-state index < -0.39 is 5.41 Å². The highest BCUT2D eigenvalue weighted by atomic mass is 15.2. The monoisotopic (exact) mass is 236 g/mol. The van der Waals surface area contributed by atoms with Crippen molar-refractivity contribution in [1.29, 1.82) is 0 Å². The maximum absolute atomic E-state index is 8.25. The van der Waals surface area contributed by atoms with Gasteiger partial charge in [-0.3, -0.25) is 0 Å². The van der Waals surface area contributed by atoms with Gasteiger partial charge in [0.15, 0.2) is 0 Å². The van der Waals surface area contributed by atoms with E-state index in [0.29, 0.717) is 0 Å². The minimum absolute atomic E-state index is 0.0967. The summed E-state index contributed by atoms with van der Waals surface area (Å²) in [5.74, 6) is 0. The van der Waals surface area contributed by atoms with Crippen LogP contribution in [0, 0.1) is 5.41 Å². The Hall–Kier alpha value is -2.76. The molecule has 0 spiro atoms. The summed E-state index contributed by atoms with van der Waals surface area (Å²) in [6.45, 7) is -0.387. The Bertz CT molecular complexity index is 340. The molecule has 12 nitrogen and oxygen atoms in total. The highest BCUT2D eigenvalue weighted by Crippen LogP contribution is 2.21. The molecule has 0 fully saturated rings. The van der Waals surface area contributed by atoms with Crippen LogP contribution < -0.4 is 0 Å². The van der Waals surface area contributed by atoms with Crippen molar-refractivity contribution in [2.45, 2.75) is 0 Å². The van der Waals surface area contributed by atoms with Crippen molar-refractivity contribution in [3.05, 3.63) is 41.8 Å². The second-order valence-corrected chi connectivity index (χ2v) is 3.06. The van der Waals surface area contributed by atoms with Crippen LogP contribution in [0.15, 0.2) is 20.5 Å². The SMILES string of the molecule is [N-]=[N+]=NCC(CN=[N+]=[N-])(CN=[N+]=[N-])CN=[N+]=[N-]. The largest absolute Gasteiger partial charge is 0.0934 e. The molecule has 12 heteroatoms. The lowest BCUT2D eigenvalue weighted by Gasteiger charge is -2.26. The van der Waals surface area contributed by atoms with Crippen LogP contribution in [0.5, 0.6) is 0 Å². The Morgan fingerprint density at radius 2 is 0.824 bits per heavy atom. The molecule has 17 heavy (non-hydrogen) atoms. The molecule has 0 radical (unpaired) electrons. The zero-order valence-electron chi connectivity index (χ0n) is 8.69. The summed E-state index contributed by atoms with van der Waals surface area (Å²) in [4.78, 5) is 10.3. The van der Waals surface area contributed by atoms with Crippen LogP contribution in [0.1, 0.15) is 0 Å². The van der Waals surface area contributed by atoms with E-state index in [-0.39, 0.29) is 26.2 Å². The molecule has 0 saturated carbocycles. The van der Waals surface area contributed by atoms with Crippen molar-refractivity contribution in [3.63, 3.8) is 0 Å². The van der Waals surface area contributed by atoms with E-state index >= 15 is 0 Å². The van der Waals surface area contributed by atoms with Crippen LogP contribution in [0.4, 0.5) is 0 Å². The van der Waals surface area contributed by atoms with Crippen molar-refractivity contribution >= 4 is 0 Å². The number of rotatable bonds is 8. The van der Waals surface area contributed by atoms with E-state index in [1.165, 1.54) is 0 Å². The van der Waals surface area contributed by atoms with E-state index in [4.69, 9.17) is 22.1 Å². The fourth-order valence-corrected chi connectivity index (χ4v) is 1.03. The van der Waals surface area contributed by atoms with E-state index in [9.17, 15) is 0 Å².